The Kier molecular flexibility index (Phi) is 12.9. The van der Waals surface area contributed by atoms with Crippen molar-refractivity contribution in [1.29, 1.82) is 0 Å². The summed E-state index contributed by atoms with van der Waals surface area (Å²) in [7, 11) is 1.46. The molecule has 2 heterocycles. The molecule has 0 aliphatic rings. The van der Waals surface area contributed by atoms with Crippen LogP contribution < -0.4 is 0 Å². The molecule has 0 saturated carbocycles. The highest BCUT2D eigenvalue weighted by Crippen LogP contribution is 2.36. The zero-order chi connectivity index (χ0) is 43.3. The highest BCUT2D eigenvalue weighted by Gasteiger charge is 2.28. The highest BCUT2D eigenvalue weighted by atomic mass is 79.9. The van der Waals surface area contributed by atoms with Crippen LogP contribution in [0.2, 0.25) is 0 Å². The van der Waals surface area contributed by atoms with Crippen LogP contribution in [-0.4, -0.2) is 33.3 Å². The number of halogens is 1. The highest BCUT2D eigenvalue weighted by molar-refractivity contribution is 9.10. The number of aromatic nitrogens is 2. The Balaban J connectivity index is 1.00. The number of esters is 1. The lowest BCUT2D eigenvalue weighted by Gasteiger charge is -2.18. The van der Waals surface area contributed by atoms with Crippen LogP contribution in [0.1, 0.15) is 94.5 Å². The molecule has 0 bridgehead atoms. The van der Waals surface area contributed by atoms with Gasteiger partial charge >= 0.3 is 11.9 Å². The third-order valence-corrected chi connectivity index (χ3v) is 13.0. The summed E-state index contributed by atoms with van der Waals surface area (Å²) in [5.41, 5.74) is 12.1. The minimum Gasteiger partial charge on any atom is -0.481 e. The molecule has 62 heavy (non-hydrogen) atoms. The van der Waals surface area contributed by atoms with Gasteiger partial charge in [0.05, 0.1) is 18.9 Å². The molecule has 6 nitrogen and oxygen atoms in total. The standard InChI is InChI=1S/C55H53BrN2O4/c1-36(2)41-22-18-39(19-23-41)32-57-34-50(46-16-10-11-17-52(46)57)48(54(59)60)30-44-15-9-8-14-43(44)28-37(3)42-24-20-40(21-25-42)33-58-35-51(47-31-45(56)26-27-53(47)58)49(55(61)62-4)29-38-12-6-5-7-13-38/h5-27,31,34-37,48-49H,28-30,32-33H2,1-4H3,(H,59,60). The molecule has 314 valence electrons. The zero-order valence-electron chi connectivity index (χ0n) is 35.8. The summed E-state index contributed by atoms with van der Waals surface area (Å²) in [5, 5.41) is 12.8. The number of hydrogen-bond donors (Lipinski definition) is 1. The smallest absolute Gasteiger partial charge is 0.313 e. The van der Waals surface area contributed by atoms with E-state index in [0.29, 0.717) is 31.8 Å². The van der Waals surface area contributed by atoms with Crippen molar-refractivity contribution in [2.45, 2.75) is 76.8 Å². The van der Waals surface area contributed by atoms with E-state index in [0.717, 1.165) is 66.1 Å². The first kappa shape index (κ1) is 42.5. The summed E-state index contributed by atoms with van der Waals surface area (Å²) in [6.45, 7) is 7.95. The van der Waals surface area contributed by atoms with Gasteiger partial charge in [0, 0.05) is 51.8 Å². The number of fused-ring (bicyclic) bond motifs is 2. The third kappa shape index (κ3) is 9.34. The molecule has 1 N–H and O–H groups in total. The van der Waals surface area contributed by atoms with E-state index in [1.54, 1.807) is 0 Å². The average molecular weight is 886 g/mol. The number of hydrogen-bond acceptors (Lipinski definition) is 3. The minimum absolute atomic E-state index is 0.202. The van der Waals surface area contributed by atoms with E-state index in [9.17, 15) is 14.7 Å². The molecular formula is C55H53BrN2O4. The van der Waals surface area contributed by atoms with Gasteiger partial charge in [-0.05, 0) is 105 Å². The van der Waals surface area contributed by atoms with Gasteiger partial charge in [0.15, 0.2) is 0 Å². The molecule has 8 rings (SSSR count). The molecular weight excluding hydrogens is 833 g/mol. The van der Waals surface area contributed by atoms with Crippen LogP contribution in [0.3, 0.4) is 0 Å². The Morgan fingerprint density at radius 2 is 1.13 bits per heavy atom. The molecule has 0 amide bonds. The fourth-order valence-corrected chi connectivity index (χ4v) is 9.37. The Labute approximate surface area is 372 Å². The molecule has 6 aromatic carbocycles. The molecule has 0 radical (unpaired) electrons. The number of ether oxygens (including phenoxy) is 1. The van der Waals surface area contributed by atoms with Gasteiger partial charge < -0.3 is 19.0 Å². The van der Waals surface area contributed by atoms with E-state index in [4.69, 9.17) is 4.74 Å². The van der Waals surface area contributed by atoms with Gasteiger partial charge in [-0.3, -0.25) is 9.59 Å². The summed E-state index contributed by atoms with van der Waals surface area (Å²) in [4.78, 5) is 26.4. The molecule has 3 unspecified atom stereocenters. The number of carbonyl (C=O) groups is 2. The van der Waals surface area contributed by atoms with Crippen molar-refractivity contribution in [1.82, 2.24) is 9.13 Å². The first-order chi connectivity index (χ1) is 30.1. The summed E-state index contributed by atoms with van der Waals surface area (Å²) < 4.78 is 10.7. The monoisotopic (exact) mass is 884 g/mol. The zero-order valence-corrected chi connectivity index (χ0v) is 37.4. The van der Waals surface area contributed by atoms with Gasteiger partial charge in [-0.15, -0.1) is 0 Å². The number of nitrogens with zero attached hydrogens (tertiary/aromatic N) is 2. The largest absolute Gasteiger partial charge is 0.481 e. The number of carboxylic acids is 1. The van der Waals surface area contributed by atoms with Crippen LogP contribution in [0.15, 0.2) is 162 Å². The number of carboxylic acid groups (broad SMARTS) is 1. The first-order valence-corrected chi connectivity index (χ1v) is 22.3. The Morgan fingerprint density at radius 3 is 1.74 bits per heavy atom. The van der Waals surface area contributed by atoms with Gasteiger partial charge in [-0.25, -0.2) is 0 Å². The SMILES string of the molecule is COC(=O)C(Cc1ccccc1)c1cn(Cc2ccc(C(C)Cc3ccccc3CC(C(=O)O)c3cn(Cc4ccc(C(C)C)cc4)c4ccccc34)cc2)c2ccc(Br)cc12. The van der Waals surface area contributed by atoms with Crippen LogP contribution in [0, 0.1) is 0 Å². The number of aliphatic carboxylic acids is 1. The second-order valence-electron chi connectivity index (χ2n) is 17.0. The van der Waals surface area contributed by atoms with E-state index in [-0.39, 0.29) is 11.9 Å². The maximum atomic E-state index is 13.3. The van der Waals surface area contributed by atoms with Crippen LogP contribution in [0.4, 0.5) is 0 Å². The average Bonchev–Trinajstić information content (AvgIpc) is 3.82. The molecule has 0 aliphatic carbocycles. The molecule has 0 spiro atoms. The second-order valence-corrected chi connectivity index (χ2v) is 17.9. The van der Waals surface area contributed by atoms with Gasteiger partial charge in [0.25, 0.3) is 0 Å². The molecule has 0 fully saturated rings. The third-order valence-electron chi connectivity index (χ3n) is 12.5. The summed E-state index contributed by atoms with van der Waals surface area (Å²) >= 11 is 3.66. The minimum atomic E-state index is -0.820. The maximum absolute atomic E-state index is 13.3. The van der Waals surface area contributed by atoms with Crippen LogP contribution >= 0.6 is 15.9 Å². The van der Waals surface area contributed by atoms with Crippen molar-refractivity contribution >= 4 is 49.7 Å². The van der Waals surface area contributed by atoms with Gasteiger partial charge in [-0.1, -0.05) is 158 Å². The number of rotatable bonds is 16. The fourth-order valence-electron chi connectivity index (χ4n) is 9.01. The summed E-state index contributed by atoms with van der Waals surface area (Å²) in [6.07, 6.45) is 5.91. The predicted octanol–water partition coefficient (Wildman–Crippen LogP) is 12.8. The number of carbonyl (C=O) groups excluding carboxylic acids is 1. The van der Waals surface area contributed by atoms with Crippen LogP contribution in [0.25, 0.3) is 21.8 Å². The van der Waals surface area contributed by atoms with Crippen molar-refractivity contribution in [3.05, 3.63) is 213 Å². The first-order valence-electron chi connectivity index (χ1n) is 21.5. The Morgan fingerprint density at radius 1 is 0.581 bits per heavy atom. The Bertz CT molecular complexity index is 2820. The molecule has 7 heteroatoms. The Hall–Kier alpha value is -6.18. The molecule has 3 atom stereocenters. The second kappa shape index (κ2) is 18.8. The van der Waals surface area contributed by atoms with Gasteiger partial charge in [0.1, 0.15) is 0 Å². The normalized spacial score (nSPS) is 13.1. The van der Waals surface area contributed by atoms with Crippen LogP contribution in [-0.2, 0) is 46.7 Å². The van der Waals surface area contributed by atoms with E-state index in [1.165, 1.54) is 23.8 Å². The summed E-state index contributed by atoms with van der Waals surface area (Å²) in [5.74, 6) is -1.55. The quantitative estimate of drug-likeness (QED) is 0.0981. The van der Waals surface area contributed by atoms with Crippen molar-refractivity contribution in [2.75, 3.05) is 7.11 Å². The maximum Gasteiger partial charge on any atom is 0.313 e. The molecule has 0 saturated heterocycles. The topological polar surface area (TPSA) is 73.5 Å². The van der Waals surface area contributed by atoms with E-state index >= 15 is 0 Å². The van der Waals surface area contributed by atoms with Crippen LogP contribution in [0.5, 0.6) is 0 Å². The molecule has 8 aromatic rings. The lowest BCUT2D eigenvalue weighted by Crippen LogP contribution is -2.16. The van der Waals surface area contributed by atoms with Crippen molar-refractivity contribution in [2.24, 2.45) is 0 Å². The lowest BCUT2D eigenvalue weighted by molar-refractivity contribution is -0.142. The number of benzene rings is 6. The molecule has 2 aromatic heterocycles. The van der Waals surface area contributed by atoms with Gasteiger partial charge in [-0.2, -0.15) is 0 Å². The van der Waals surface area contributed by atoms with Crippen molar-refractivity contribution in [3.8, 4) is 0 Å². The van der Waals surface area contributed by atoms with E-state index in [1.807, 2.05) is 54.6 Å². The predicted molar refractivity (Wildman–Crippen MR) is 254 cm³/mol. The number of methoxy groups -OCH3 is 1. The molecule has 0 aliphatic heterocycles. The number of para-hydroxylation sites is 1. The van der Waals surface area contributed by atoms with Gasteiger partial charge in [0.2, 0.25) is 0 Å². The summed E-state index contributed by atoms with van der Waals surface area (Å²) in [6, 6.07) is 50.4. The van der Waals surface area contributed by atoms with E-state index in [2.05, 4.69) is 149 Å². The van der Waals surface area contributed by atoms with Crippen molar-refractivity contribution < 1.29 is 19.4 Å². The van der Waals surface area contributed by atoms with Crippen molar-refractivity contribution in [3.63, 3.8) is 0 Å². The fraction of sp³-hybridized carbons (Fsp3) is 0.236. The van der Waals surface area contributed by atoms with E-state index < -0.39 is 17.8 Å². The lowest BCUT2D eigenvalue weighted by atomic mass is 9.86.